The number of nitrogens with two attached hydrogens (primary N) is 1. The van der Waals surface area contributed by atoms with Gasteiger partial charge in [0.05, 0.1) is 0 Å². The van der Waals surface area contributed by atoms with Crippen LogP contribution in [-0.4, -0.2) is 47.9 Å². The predicted molar refractivity (Wildman–Crippen MR) is 114 cm³/mol. The van der Waals surface area contributed by atoms with Gasteiger partial charge < -0.3 is 20.9 Å². The molecule has 1 aromatic rings. The Labute approximate surface area is 173 Å². The van der Waals surface area contributed by atoms with Crippen molar-refractivity contribution in [1.82, 2.24) is 10.2 Å². The second kappa shape index (κ2) is 8.44. The maximum atomic E-state index is 12.6. The minimum atomic E-state index is 0.163. The van der Waals surface area contributed by atoms with Crippen molar-refractivity contribution in [3.63, 3.8) is 0 Å². The normalized spacial score (nSPS) is 29.9. The molecule has 1 aliphatic carbocycles. The molecule has 4 rings (SSSR count). The van der Waals surface area contributed by atoms with Gasteiger partial charge in [0.25, 0.3) is 0 Å². The molecule has 1 aromatic carbocycles. The zero-order valence-electron chi connectivity index (χ0n) is 17.6. The molecular formula is C23H34N4O2. The van der Waals surface area contributed by atoms with Crippen molar-refractivity contribution >= 4 is 17.5 Å². The lowest BCUT2D eigenvalue weighted by molar-refractivity contribution is -0.141. The molecule has 0 spiro atoms. The monoisotopic (exact) mass is 398 g/mol. The number of benzene rings is 1. The van der Waals surface area contributed by atoms with Crippen LogP contribution in [0.2, 0.25) is 0 Å². The van der Waals surface area contributed by atoms with Gasteiger partial charge in [0.15, 0.2) is 0 Å². The molecule has 1 saturated heterocycles. The Bertz CT molecular complexity index is 753. The summed E-state index contributed by atoms with van der Waals surface area (Å²) in [4.78, 5) is 29.0. The summed E-state index contributed by atoms with van der Waals surface area (Å²) in [6.45, 7) is 5.52. The first-order valence-electron chi connectivity index (χ1n) is 11.2. The van der Waals surface area contributed by atoms with Gasteiger partial charge in [-0.05, 0) is 50.7 Å². The molecule has 2 fully saturated rings. The zero-order chi connectivity index (χ0) is 20.5. The van der Waals surface area contributed by atoms with Gasteiger partial charge in [-0.1, -0.05) is 25.1 Å². The van der Waals surface area contributed by atoms with Gasteiger partial charge in [0.2, 0.25) is 11.8 Å². The van der Waals surface area contributed by atoms with E-state index in [1.54, 1.807) is 0 Å². The van der Waals surface area contributed by atoms with E-state index in [4.69, 9.17) is 5.73 Å². The van der Waals surface area contributed by atoms with Crippen molar-refractivity contribution < 1.29 is 9.59 Å². The van der Waals surface area contributed by atoms with Crippen molar-refractivity contribution in [1.29, 1.82) is 0 Å². The molecular weight excluding hydrogens is 364 g/mol. The number of nitrogens with one attached hydrogen (secondary N) is 1. The number of fused-ring (bicyclic) bond motifs is 1. The largest absolute Gasteiger partial charge is 0.339 e. The standard InChI is InChI=1S/C23H34N4O2/c1-3-22(28)27-15(2)12-20(19-6-4-5-7-21(19)27)25-18-10-8-16(9-11-18)23(29)26-13-17(24)14-26/h4-7,15-18,20,25H,3,8-14,24H2,1-2H3/t15-,16?,18?,20+/m0/s1. The van der Waals surface area contributed by atoms with Crippen LogP contribution in [-0.2, 0) is 9.59 Å². The summed E-state index contributed by atoms with van der Waals surface area (Å²) in [6.07, 6.45) is 5.41. The molecule has 1 saturated carbocycles. The molecule has 158 valence electrons. The van der Waals surface area contributed by atoms with Crippen LogP contribution in [0.25, 0.3) is 0 Å². The maximum Gasteiger partial charge on any atom is 0.226 e. The highest BCUT2D eigenvalue weighted by Gasteiger charge is 2.37. The van der Waals surface area contributed by atoms with E-state index in [0.29, 0.717) is 18.4 Å². The number of nitrogens with zero attached hydrogens (tertiary/aromatic N) is 2. The number of amides is 2. The van der Waals surface area contributed by atoms with Gasteiger partial charge in [-0.2, -0.15) is 0 Å². The number of hydrogen-bond acceptors (Lipinski definition) is 4. The third kappa shape index (κ3) is 4.05. The molecule has 2 atom stereocenters. The van der Waals surface area contributed by atoms with Crippen LogP contribution < -0.4 is 16.0 Å². The van der Waals surface area contributed by atoms with Crippen LogP contribution in [0.3, 0.4) is 0 Å². The summed E-state index contributed by atoms with van der Waals surface area (Å²) in [7, 11) is 0. The van der Waals surface area contributed by atoms with Crippen molar-refractivity contribution in [2.45, 2.75) is 76.5 Å². The first-order chi connectivity index (χ1) is 14.0. The Morgan fingerprint density at radius 1 is 1.14 bits per heavy atom. The van der Waals surface area contributed by atoms with E-state index in [-0.39, 0.29) is 30.0 Å². The fraction of sp³-hybridized carbons (Fsp3) is 0.652. The second-order valence-electron chi connectivity index (χ2n) is 9.03. The Morgan fingerprint density at radius 3 is 2.48 bits per heavy atom. The highest BCUT2D eigenvalue weighted by molar-refractivity contribution is 5.95. The minimum Gasteiger partial charge on any atom is -0.339 e. The Morgan fingerprint density at radius 2 is 1.83 bits per heavy atom. The summed E-state index contributed by atoms with van der Waals surface area (Å²) in [5.41, 5.74) is 8.09. The predicted octanol–water partition coefficient (Wildman–Crippen LogP) is 2.58. The van der Waals surface area contributed by atoms with Gasteiger partial charge in [-0.15, -0.1) is 0 Å². The summed E-state index contributed by atoms with van der Waals surface area (Å²) in [5, 5.41) is 3.86. The number of carbonyl (C=O) groups is 2. The number of rotatable bonds is 4. The molecule has 29 heavy (non-hydrogen) atoms. The molecule has 0 unspecified atom stereocenters. The van der Waals surface area contributed by atoms with Gasteiger partial charge in [-0.25, -0.2) is 0 Å². The zero-order valence-corrected chi connectivity index (χ0v) is 17.6. The summed E-state index contributed by atoms with van der Waals surface area (Å²) in [6, 6.07) is 9.34. The lowest BCUT2D eigenvalue weighted by Gasteiger charge is -2.43. The van der Waals surface area contributed by atoms with E-state index in [2.05, 4.69) is 30.4 Å². The second-order valence-corrected chi connectivity index (χ2v) is 9.03. The van der Waals surface area contributed by atoms with Gasteiger partial charge in [0, 0.05) is 55.3 Å². The number of likely N-dealkylation sites (tertiary alicyclic amines) is 1. The van der Waals surface area contributed by atoms with Crippen LogP contribution in [0.5, 0.6) is 0 Å². The summed E-state index contributed by atoms with van der Waals surface area (Å²) >= 11 is 0. The molecule has 3 aliphatic rings. The quantitative estimate of drug-likeness (QED) is 0.817. The molecule has 2 amide bonds. The van der Waals surface area contributed by atoms with Crippen LogP contribution in [0, 0.1) is 5.92 Å². The Hall–Kier alpha value is -1.92. The van der Waals surface area contributed by atoms with E-state index in [1.165, 1.54) is 5.56 Å². The molecule has 6 nitrogen and oxygen atoms in total. The Kier molecular flexibility index (Phi) is 5.93. The Balaban J connectivity index is 1.39. The van der Waals surface area contributed by atoms with Crippen molar-refractivity contribution in [3.05, 3.63) is 29.8 Å². The molecule has 0 aromatic heterocycles. The smallest absolute Gasteiger partial charge is 0.226 e. The summed E-state index contributed by atoms with van der Waals surface area (Å²) < 4.78 is 0. The number of hydrogen-bond donors (Lipinski definition) is 2. The average Bonchev–Trinajstić information content (AvgIpc) is 2.71. The van der Waals surface area contributed by atoms with Gasteiger partial charge in [-0.3, -0.25) is 9.59 Å². The molecule has 0 bridgehead atoms. The van der Waals surface area contributed by atoms with Gasteiger partial charge in [0.1, 0.15) is 0 Å². The molecule has 3 N–H and O–H groups in total. The third-order valence-electron chi connectivity index (χ3n) is 6.90. The highest BCUT2D eigenvalue weighted by atomic mass is 16.2. The SMILES string of the molecule is CCC(=O)N1c2ccccc2[C@H](NC2CCC(C(=O)N3CC(N)C3)CC2)C[C@@H]1C. The van der Waals surface area contributed by atoms with E-state index < -0.39 is 0 Å². The fourth-order valence-electron chi connectivity index (χ4n) is 5.26. The molecule has 2 heterocycles. The van der Waals surface area contributed by atoms with Gasteiger partial charge >= 0.3 is 0 Å². The highest BCUT2D eigenvalue weighted by Crippen LogP contribution is 2.38. The van der Waals surface area contributed by atoms with Crippen LogP contribution >= 0.6 is 0 Å². The fourth-order valence-corrected chi connectivity index (χ4v) is 5.26. The van der Waals surface area contributed by atoms with E-state index in [9.17, 15) is 9.59 Å². The molecule has 6 heteroatoms. The van der Waals surface area contributed by atoms with E-state index >= 15 is 0 Å². The van der Waals surface area contributed by atoms with Crippen molar-refractivity contribution in [3.8, 4) is 0 Å². The van der Waals surface area contributed by atoms with E-state index in [1.807, 2.05) is 22.8 Å². The van der Waals surface area contributed by atoms with Crippen molar-refractivity contribution in [2.75, 3.05) is 18.0 Å². The molecule has 2 aliphatic heterocycles. The van der Waals surface area contributed by atoms with Crippen LogP contribution in [0.1, 0.15) is 64.0 Å². The first-order valence-corrected chi connectivity index (χ1v) is 11.2. The first kappa shape index (κ1) is 20.4. The number of anilines is 1. The average molecular weight is 399 g/mol. The van der Waals surface area contributed by atoms with Crippen LogP contribution in [0.15, 0.2) is 24.3 Å². The lowest BCUT2D eigenvalue weighted by Crippen LogP contribution is -2.59. The van der Waals surface area contributed by atoms with Crippen molar-refractivity contribution in [2.24, 2.45) is 11.7 Å². The minimum absolute atomic E-state index is 0.163. The number of para-hydroxylation sites is 1. The third-order valence-corrected chi connectivity index (χ3v) is 6.90. The topological polar surface area (TPSA) is 78.7 Å². The van der Waals surface area contributed by atoms with E-state index in [0.717, 1.165) is 50.9 Å². The summed E-state index contributed by atoms with van der Waals surface area (Å²) in [5.74, 6) is 0.652. The molecule has 0 radical (unpaired) electrons. The number of carbonyl (C=O) groups excluding carboxylic acids is 2. The van der Waals surface area contributed by atoms with Crippen LogP contribution in [0.4, 0.5) is 5.69 Å². The maximum absolute atomic E-state index is 12.6. The lowest BCUT2D eigenvalue weighted by atomic mass is 9.83.